The van der Waals surface area contributed by atoms with Crippen molar-refractivity contribution in [3.63, 3.8) is 0 Å². The van der Waals surface area contributed by atoms with E-state index in [-0.39, 0.29) is 11.8 Å². The van der Waals surface area contributed by atoms with E-state index < -0.39 is 0 Å². The van der Waals surface area contributed by atoms with Crippen LogP contribution in [0.5, 0.6) is 0 Å². The van der Waals surface area contributed by atoms with Crippen molar-refractivity contribution in [3.8, 4) is 0 Å². The summed E-state index contributed by atoms with van der Waals surface area (Å²) in [4.78, 5) is 32.3. The summed E-state index contributed by atoms with van der Waals surface area (Å²) in [5, 5.41) is 2.99. The van der Waals surface area contributed by atoms with E-state index in [0.717, 1.165) is 49.5 Å². The van der Waals surface area contributed by atoms with Crippen LogP contribution in [0.3, 0.4) is 0 Å². The van der Waals surface area contributed by atoms with Gasteiger partial charge in [0.25, 0.3) is 5.91 Å². The van der Waals surface area contributed by atoms with Crippen LogP contribution in [0.1, 0.15) is 22.8 Å². The van der Waals surface area contributed by atoms with Gasteiger partial charge in [0, 0.05) is 63.8 Å². The predicted molar refractivity (Wildman–Crippen MR) is 112 cm³/mol. The summed E-state index contributed by atoms with van der Waals surface area (Å²) in [7, 11) is 0. The Labute approximate surface area is 169 Å². The molecule has 2 amide bonds. The third-order valence-electron chi connectivity index (χ3n) is 5.39. The molecule has 7 nitrogen and oxygen atoms in total. The summed E-state index contributed by atoms with van der Waals surface area (Å²) < 4.78 is 2.06. The van der Waals surface area contributed by atoms with Crippen LogP contribution in [0, 0.1) is 0 Å². The Bertz CT molecular complexity index is 1010. The fourth-order valence-corrected chi connectivity index (χ4v) is 3.70. The molecule has 0 atom stereocenters. The summed E-state index contributed by atoms with van der Waals surface area (Å²) in [5.74, 6) is 1.09. The van der Waals surface area contributed by atoms with Crippen molar-refractivity contribution in [3.05, 3.63) is 66.1 Å². The maximum atomic E-state index is 12.6. The van der Waals surface area contributed by atoms with Crippen molar-refractivity contribution < 1.29 is 9.59 Å². The molecule has 4 rings (SSSR count). The van der Waals surface area contributed by atoms with Crippen molar-refractivity contribution in [1.82, 2.24) is 19.6 Å². The van der Waals surface area contributed by atoms with Gasteiger partial charge in [0.05, 0.1) is 5.56 Å². The van der Waals surface area contributed by atoms with Gasteiger partial charge < -0.3 is 19.5 Å². The van der Waals surface area contributed by atoms with Crippen LogP contribution in [0.25, 0.3) is 5.52 Å². The highest BCUT2D eigenvalue weighted by Crippen LogP contribution is 2.22. The summed E-state index contributed by atoms with van der Waals surface area (Å²) in [6.07, 6.45) is 6.18. The molecule has 3 aromatic rings. The predicted octanol–water partition coefficient (Wildman–Crippen LogP) is 1.98. The van der Waals surface area contributed by atoms with Crippen LogP contribution < -0.4 is 10.2 Å². The Balaban J connectivity index is 1.44. The number of fused-ring (bicyclic) bond motifs is 1. The molecule has 29 heavy (non-hydrogen) atoms. The van der Waals surface area contributed by atoms with Gasteiger partial charge in [-0.15, -0.1) is 0 Å². The van der Waals surface area contributed by atoms with E-state index in [0.29, 0.717) is 12.1 Å². The zero-order valence-electron chi connectivity index (χ0n) is 16.5. The van der Waals surface area contributed by atoms with Gasteiger partial charge in [-0.25, -0.2) is 0 Å². The number of piperazine rings is 1. The minimum Gasteiger partial charge on any atom is -0.354 e. The first kappa shape index (κ1) is 19.0. The lowest BCUT2D eigenvalue weighted by Gasteiger charge is -2.35. The van der Waals surface area contributed by atoms with Crippen molar-refractivity contribution in [2.75, 3.05) is 37.6 Å². The Hall–Kier alpha value is -3.35. The van der Waals surface area contributed by atoms with Gasteiger partial charge in [-0.2, -0.15) is 0 Å². The fourth-order valence-electron chi connectivity index (χ4n) is 3.70. The first-order valence-electron chi connectivity index (χ1n) is 9.90. The normalized spacial score (nSPS) is 14.2. The Morgan fingerprint density at radius 3 is 2.45 bits per heavy atom. The zero-order valence-corrected chi connectivity index (χ0v) is 16.5. The third kappa shape index (κ3) is 4.23. The molecule has 0 radical (unpaired) electrons. The number of nitrogens with zero attached hydrogens (tertiary/aromatic N) is 4. The molecule has 1 aliphatic heterocycles. The molecule has 1 saturated heterocycles. The highest BCUT2D eigenvalue weighted by molar-refractivity contribution is 5.94. The molecule has 0 aliphatic carbocycles. The molecule has 0 aromatic carbocycles. The second-order valence-corrected chi connectivity index (χ2v) is 7.26. The van der Waals surface area contributed by atoms with Gasteiger partial charge in [-0.05, 0) is 48.4 Å². The molecular weight excluding hydrogens is 366 g/mol. The summed E-state index contributed by atoms with van der Waals surface area (Å²) in [6, 6.07) is 11.9. The Kier molecular flexibility index (Phi) is 5.46. The smallest absolute Gasteiger partial charge is 0.252 e. The zero-order chi connectivity index (χ0) is 20.2. The fraction of sp³-hybridized carbons (Fsp3) is 0.318. The van der Waals surface area contributed by atoms with E-state index in [1.807, 2.05) is 35.4 Å². The number of rotatable bonds is 5. The number of amides is 2. The standard InChI is InChI=1S/C22H25N5O2/c1-17(28)25-12-14-26(15-13-25)21-5-4-20-3-2-19(16-27(20)21)22(29)24-11-8-18-6-9-23-10-7-18/h2-7,9-10,16H,8,11-15H2,1H3,(H,24,29). The maximum Gasteiger partial charge on any atom is 0.252 e. The van der Waals surface area contributed by atoms with Gasteiger partial charge in [-0.1, -0.05) is 0 Å². The van der Waals surface area contributed by atoms with Crippen LogP contribution in [-0.2, 0) is 11.2 Å². The largest absolute Gasteiger partial charge is 0.354 e. The molecule has 1 aliphatic rings. The van der Waals surface area contributed by atoms with E-state index in [2.05, 4.69) is 31.7 Å². The van der Waals surface area contributed by atoms with Gasteiger partial charge >= 0.3 is 0 Å². The SMILES string of the molecule is CC(=O)N1CCN(c2ccc3ccc(C(=O)NCCc4ccncc4)cn23)CC1. The second kappa shape index (κ2) is 8.34. The van der Waals surface area contributed by atoms with Gasteiger partial charge in [0.15, 0.2) is 0 Å². The summed E-state index contributed by atoms with van der Waals surface area (Å²) in [5.41, 5.74) is 2.82. The van der Waals surface area contributed by atoms with Gasteiger partial charge in [0.1, 0.15) is 5.82 Å². The third-order valence-corrected chi connectivity index (χ3v) is 5.39. The number of pyridine rings is 2. The van der Waals surface area contributed by atoms with Gasteiger partial charge in [0.2, 0.25) is 5.91 Å². The van der Waals surface area contributed by atoms with Crippen molar-refractivity contribution in [2.45, 2.75) is 13.3 Å². The van der Waals surface area contributed by atoms with E-state index in [9.17, 15) is 9.59 Å². The number of carbonyl (C=O) groups is 2. The first-order chi connectivity index (χ1) is 14.1. The van der Waals surface area contributed by atoms with Crippen molar-refractivity contribution in [2.24, 2.45) is 0 Å². The quantitative estimate of drug-likeness (QED) is 0.722. The lowest BCUT2D eigenvalue weighted by molar-refractivity contribution is -0.129. The van der Waals surface area contributed by atoms with Crippen molar-refractivity contribution in [1.29, 1.82) is 0 Å². The number of nitrogens with one attached hydrogen (secondary N) is 1. The van der Waals surface area contributed by atoms with E-state index in [1.54, 1.807) is 19.3 Å². The number of hydrogen-bond donors (Lipinski definition) is 1. The minimum atomic E-state index is -0.0815. The average molecular weight is 391 g/mol. The number of aromatic nitrogens is 2. The lowest BCUT2D eigenvalue weighted by atomic mass is 10.2. The first-order valence-corrected chi connectivity index (χ1v) is 9.90. The molecule has 0 bridgehead atoms. The minimum absolute atomic E-state index is 0.0815. The monoisotopic (exact) mass is 391 g/mol. The van der Waals surface area contributed by atoms with E-state index in [1.165, 1.54) is 0 Å². The van der Waals surface area contributed by atoms with E-state index in [4.69, 9.17) is 0 Å². The highest BCUT2D eigenvalue weighted by atomic mass is 16.2. The average Bonchev–Trinajstić information content (AvgIpc) is 3.17. The molecule has 1 N–H and O–H groups in total. The topological polar surface area (TPSA) is 70.0 Å². The number of carbonyl (C=O) groups excluding carboxylic acids is 2. The second-order valence-electron chi connectivity index (χ2n) is 7.26. The molecule has 150 valence electrons. The van der Waals surface area contributed by atoms with Crippen LogP contribution in [0.15, 0.2) is 55.0 Å². The molecule has 4 heterocycles. The van der Waals surface area contributed by atoms with Crippen LogP contribution in [-0.4, -0.2) is 58.8 Å². The molecule has 0 spiro atoms. The van der Waals surface area contributed by atoms with Crippen LogP contribution in [0.4, 0.5) is 5.82 Å². The number of anilines is 1. The molecule has 7 heteroatoms. The maximum absolute atomic E-state index is 12.6. The highest BCUT2D eigenvalue weighted by Gasteiger charge is 2.20. The van der Waals surface area contributed by atoms with Crippen molar-refractivity contribution >= 4 is 23.1 Å². The van der Waals surface area contributed by atoms with Crippen LogP contribution >= 0.6 is 0 Å². The molecule has 0 saturated carbocycles. The molecule has 0 unspecified atom stereocenters. The Morgan fingerprint density at radius 2 is 1.72 bits per heavy atom. The van der Waals surface area contributed by atoms with Gasteiger partial charge in [-0.3, -0.25) is 14.6 Å². The molecule has 3 aromatic heterocycles. The number of hydrogen-bond acceptors (Lipinski definition) is 4. The summed E-state index contributed by atoms with van der Waals surface area (Å²) >= 11 is 0. The molecular formula is C22H25N5O2. The van der Waals surface area contributed by atoms with E-state index >= 15 is 0 Å². The molecule has 1 fully saturated rings. The lowest BCUT2D eigenvalue weighted by Crippen LogP contribution is -2.48. The Morgan fingerprint density at radius 1 is 1.00 bits per heavy atom. The summed E-state index contributed by atoms with van der Waals surface area (Å²) in [6.45, 7) is 5.20. The van der Waals surface area contributed by atoms with Crippen LogP contribution in [0.2, 0.25) is 0 Å².